The minimum atomic E-state index is -3.82. The Morgan fingerprint density at radius 3 is 2.43 bits per heavy atom. The van der Waals surface area contributed by atoms with Crippen LogP contribution < -0.4 is 4.90 Å². The zero-order valence-corrected chi connectivity index (χ0v) is 21.2. The molecule has 1 N–H and O–H groups in total. The number of amides is 1. The topological polar surface area (TPSA) is 82.7 Å². The lowest BCUT2D eigenvalue weighted by Gasteiger charge is -2.30. The van der Waals surface area contributed by atoms with Crippen molar-refractivity contribution in [2.24, 2.45) is 5.41 Å². The summed E-state index contributed by atoms with van der Waals surface area (Å²) < 4.78 is 60.8. The Hall–Kier alpha value is -2.98. The van der Waals surface area contributed by atoms with Crippen LogP contribution in [0, 0.1) is 5.41 Å². The van der Waals surface area contributed by atoms with Gasteiger partial charge in [-0.15, -0.1) is 0 Å². The van der Waals surface area contributed by atoms with Crippen LogP contribution in [0.1, 0.15) is 19.3 Å². The molecule has 1 aromatic heterocycles. The number of hydrogen-bond acceptors (Lipinski definition) is 5. The van der Waals surface area contributed by atoms with Crippen molar-refractivity contribution in [1.29, 1.82) is 0 Å². The van der Waals surface area contributed by atoms with E-state index in [9.17, 15) is 22.0 Å². The molecule has 2 saturated heterocycles. The van der Waals surface area contributed by atoms with Crippen LogP contribution in [0.15, 0.2) is 53.4 Å². The molecule has 37 heavy (non-hydrogen) atoms. The van der Waals surface area contributed by atoms with Gasteiger partial charge in [0.25, 0.3) is 5.92 Å². The minimum Gasteiger partial charge on any atom is -0.378 e. The lowest BCUT2D eigenvalue weighted by atomic mass is 10.1. The monoisotopic (exact) mass is 529 g/mol. The third-order valence-corrected chi connectivity index (χ3v) is 9.63. The molecule has 3 aromatic rings. The zero-order chi connectivity index (χ0) is 25.8. The predicted octanol–water partition coefficient (Wildman–Crippen LogP) is 4.09. The molecule has 1 saturated carbocycles. The number of halogens is 2. The average Bonchev–Trinajstić information content (AvgIpc) is 3.37. The summed E-state index contributed by atoms with van der Waals surface area (Å²) in [6, 6.07) is 14.2. The summed E-state index contributed by atoms with van der Waals surface area (Å²) in [5.41, 5.74) is 1.76. The summed E-state index contributed by atoms with van der Waals surface area (Å²) in [6.07, 6.45) is 0.835. The number of nitrogens with one attached hydrogen (secondary N) is 1. The summed E-state index contributed by atoms with van der Waals surface area (Å²) in [5.74, 6) is -3.17. The Kier molecular flexibility index (Phi) is 5.80. The number of sulfone groups is 1. The van der Waals surface area contributed by atoms with E-state index in [0.717, 1.165) is 10.9 Å². The number of H-pyrrole nitrogens is 1. The molecule has 0 bridgehead atoms. The number of hydrogen-bond donors (Lipinski definition) is 1. The van der Waals surface area contributed by atoms with Gasteiger partial charge in [0.2, 0.25) is 5.91 Å². The molecule has 1 aliphatic carbocycles. The highest BCUT2D eigenvalue weighted by Crippen LogP contribution is 2.49. The molecule has 0 radical (unpaired) electrons. The van der Waals surface area contributed by atoms with E-state index in [4.69, 9.17) is 4.74 Å². The van der Waals surface area contributed by atoms with Gasteiger partial charge in [-0.2, -0.15) is 0 Å². The number of aromatic nitrogens is 1. The van der Waals surface area contributed by atoms with Gasteiger partial charge in [0.05, 0.1) is 35.8 Å². The van der Waals surface area contributed by atoms with Gasteiger partial charge in [0.15, 0.2) is 9.84 Å². The first kappa shape index (κ1) is 24.4. The van der Waals surface area contributed by atoms with Crippen LogP contribution >= 0.6 is 0 Å². The maximum absolute atomic E-state index is 14.1. The number of carbonyl (C=O) groups is 1. The van der Waals surface area contributed by atoms with Crippen molar-refractivity contribution < 1.29 is 26.7 Å². The summed E-state index contributed by atoms with van der Waals surface area (Å²) in [5, 5.41) is 0.941. The highest BCUT2D eigenvalue weighted by atomic mass is 32.2. The first-order valence-electron chi connectivity index (χ1n) is 12.6. The maximum atomic E-state index is 14.1. The molecule has 0 spiro atoms. The quantitative estimate of drug-likeness (QED) is 0.520. The van der Waals surface area contributed by atoms with E-state index in [1.165, 1.54) is 6.07 Å². The number of para-hydroxylation sites is 1. The van der Waals surface area contributed by atoms with Gasteiger partial charge in [-0.3, -0.25) is 4.79 Å². The fourth-order valence-electron chi connectivity index (χ4n) is 5.48. The molecular weight excluding hydrogens is 500 g/mol. The fraction of sp³-hybridized carbons (Fsp3) is 0.444. The van der Waals surface area contributed by atoms with E-state index < -0.39 is 27.7 Å². The number of ether oxygens (including phenoxy) is 1. The largest absolute Gasteiger partial charge is 0.378 e. The van der Waals surface area contributed by atoms with E-state index in [2.05, 4.69) is 4.98 Å². The number of benzene rings is 2. The van der Waals surface area contributed by atoms with E-state index in [1.54, 1.807) is 21.9 Å². The standard InChI is InChI=1S/C27H29F2N3O4S/c28-27(29)9-10-32(17-27)24-6-5-20(16-21(24)23-15-19-3-1-2-4-22(19)30-23)37(34,35)18-26(7-8-26)25(33)31-11-13-36-14-12-31/h1-6,15-16,30H,7-14,17-18H2. The predicted molar refractivity (Wildman–Crippen MR) is 137 cm³/mol. The van der Waals surface area contributed by atoms with Crippen LogP contribution in [-0.2, 0) is 19.4 Å². The second-order valence-corrected chi connectivity index (χ2v) is 12.4. The van der Waals surface area contributed by atoms with Crippen LogP contribution in [-0.4, -0.2) is 75.3 Å². The van der Waals surface area contributed by atoms with E-state index in [-0.39, 0.29) is 29.5 Å². The van der Waals surface area contributed by atoms with Gasteiger partial charge in [0, 0.05) is 53.9 Å². The highest BCUT2D eigenvalue weighted by molar-refractivity contribution is 7.91. The minimum absolute atomic E-state index is 0.0944. The van der Waals surface area contributed by atoms with Crippen molar-refractivity contribution >= 4 is 32.3 Å². The molecule has 3 aliphatic rings. The molecule has 3 heterocycles. The van der Waals surface area contributed by atoms with Gasteiger partial charge in [-0.1, -0.05) is 18.2 Å². The Labute approximate surface area is 214 Å². The molecule has 196 valence electrons. The van der Waals surface area contributed by atoms with Crippen molar-refractivity contribution in [3.8, 4) is 11.3 Å². The van der Waals surface area contributed by atoms with E-state index in [1.807, 2.05) is 30.3 Å². The zero-order valence-electron chi connectivity index (χ0n) is 20.4. The Balaban J connectivity index is 1.36. The Morgan fingerprint density at radius 1 is 1.00 bits per heavy atom. The average molecular weight is 530 g/mol. The number of anilines is 1. The first-order chi connectivity index (χ1) is 17.7. The summed E-state index contributed by atoms with van der Waals surface area (Å²) in [7, 11) is -3.82. The van der Waals surface area contributed by atoms with Crippen LogP contribution in [0.3, 0.4) is 0 Å². The molecule has 7 nitrogen and oxygen atoms in total. The second kappa shape index (κ2) is 8.80. The number of nitrogens with zero attached hydrogens (tertiary/aromatic N) is 2. The number of fused-ring (bicyclic) bond motifs is 1. The molecule has 6 rings (SSSR count). The SMILES string of the molecule is O=C(N1CCOCC1)C1(CS(=O)(=O)c2ccc(N3CCC(F)(F)C3)c(-c3cc4ccccc4[nH]3)c2)CC1. The van der Waals surface area contributed by atoms with Gasteiger partial charge in [-0.25, -0.2) is 17.2 Å². The van der Waals surface area contributed by atoms with E-state index in [0.29, 0.717) is 56.1 Å². The van der Waals surface area contributed by atoms with Crippen LogP contribution in [0.25, 0.3) is 22.2 Å². The molecule has 3 fully saturated rings. The number of alkyl halides is 2. The van der Waals surface area contributed by atoms with E-state index >= 15 is 0 Å². The molecule has 2 aliphatic heterocycles. The number of morpholine rings is 1. The molecule has 0 atom stereocenters. The summed E-state index contributed by atoms with van der Waals surface area (Å²) in [4.78, 5) is 19.9. The molecule has 2 aromatic carbocycles. The van der Waals surface area contributed by atoms with Gasteiger partial charge in [0.1, 0.15) is 0 Å². The van der Waals surface area contributed by atoms with Gasteiger partial charge in [-0.05, 0) is 43.2 Å². The molecule has 1 amide bonds. The van der Waals surface area contributed by atoms with Crippen molar-refractivity contribution in [2.45, 2.75) is 30.1 Å². The number of carbonyl (C=O) groups excluding carboxylic acids is 1. The third-order valence-electron chi connectivity index (χ3n) is 7.73. The van der Waals surface area contributed by atoms with Crippen molar-refractivity contribution in [1.82, 2.24) is 9.88 Å². The highest BCUT2D eigenvalue weighted by Gasteiger charge is 2.54. The Morgan fingerprint density at radius 2 is 1.76 bits per heavy atom. The lowest BCUT2D eigenvalue weighted by Crippen LogP contribution is -2.46. The number of aromatic amines is 1. The first-order valence-corrected chi connectivity index (χ1v) is 14.3. The summed E-state index contributed by atoms with van der Waals surface area (Å²) >= 11 is 0. The van der Waals surface area contributed by atoms with Crippen molar-refractivity contribution in [3.63, 3.8) is 0 Å². The Bertz CT molecular complexity index is 1430. The smallest absolute Gasteiger partial charge is 0.266 e. The second-order valence-electron chi connectivity index (χ2n) is 10.4. The maximum Gasteiger partial charge on any atom is 0.266 e. The number of rotatable bonds is 6. The lowest BCUT2D eigenvalue weighted by molar-refractivity contribution is -0.140. The van der Waals surface area contributed by atoms with Crippen LogP contribution in [0.4, 0.5) is 14.5 Å². The van der Waals surface area contributed by atoms with Gasteiger partial charge < -0.3 is 19.5 Å². The van der Waals surface area contributed by atoms with Crippen molar-refractivity contribution in [2.75, 3.05) is 50.0 Å². The third kappa shape index (κ3) is 4.61. The van der Waals surface area contributed by atoms with Crippen molar-refractivity contribution in [3.05, 3.63) is 48.5 Å². The van der Waals surface area contributed by atoms with Gasteiger partial charge >= 0.3 is 0 Å². The van der Waals surface area contributed by atoms with Crippen LogP contribution in [0.2, 0.25) is 0 Å². The molecular formula is C27H29F2N3O4S. The van der Waals surface area contributed by atoms with Crippen LogP contribution in [0.5, 0.6) is 0 Å². The summed E-state index contributed by atoms with van der Waals surface area (Å²) in [6.45, 7) is 1.63. The molecule has 10 heteroatoms. The fourth-order valence-corrected chi connectivity index (χ4v) is 7.36. The normalized spacial score (nSPS) is 20.9. The molecule has 0 unspecified atom stereocenters.